The van der Waals surface area contributed by atoms with Gasteiger partial charge in [0.05, 0.1) is 0 Å². The number of aliphatic imine (C=N–C) groups is 1. The van der Waals surface area contributed by atoms with Gasteiger partial charge in [-0.15, -0.1) is 0 Å². The summed E-state index contributed by atoms with van der Waals surface area (Å²) in [4.78, 5) is 6.85. The highest BCUT2D eigenvalue weighted by molar-refractivity contribution is 5.86. The van der Waals surface area contributed by atoms with Gasteiger partial charge in [-0.3, -0.25) is 9.89 Å². The fourth-order valence-electron chi connectivity index (χ4n) is 2.39. The summed E-state index contributed by atoms with van der Waals surface area (Å²) in [5, 5.41) is 0. The number of fused-ring (bicyclic) bond motifs is 2. The fourth-order valence-corrected chi connectivity index (χ4v) is 2.39. The van der Waals surface area contributed by atoms with E-state index in [0.717, 1.165) is 12.1 Å². The molecule has 0 N–H and O–H groups in total. The maximum atomic E-state index is 4.31. The molecule has 0 saturated carbocycles. The summed E-state index contributed by atoms with van der Waals surface area (Å²) >= 11 is 0. The molecule has 0 aliphatic carbocycles. The molecule has 0 radical (unpaired) electrons. The number of piperidine rings is 1. The third-order valence-corrected chi connectivity index (χ3v) is 3.24. The van der Waals surface area contributed by atoms with Gasteiger partial charge in [-0.05, 0) is 19.9 Å². The molecule has 0 spiro atoms. The molecule has 2 heteroatoms. The minimum atomic E-state index is 0.812. The molecular formula is C9H16N2. The maximum absolute atomic E-state index is 4.31. The van der Waals surface area contributed by atoms with Gasteiger partial charge < -0.3 is 0 Å². The SMILES string of the molecule is CN=C1CC2CCC(C1)N2C. The number of hydrogen-bond donors (Lipinski definition) is 0. The van der Waals surface area contributed by atoms with Crippen LogP contribution in [0.2, 0.25) is 0 Å². The van der Waals surface area contributed by atoms with Gasteiger partial charge in [-0.2, -0.15) is 0 Å². The van der Waals surface area contributed by atoms with E-state index in [0.29, 0.717) is 0 Å². The largest absolute Gasteiger partial charge is 0.300 e. The summed E-state index contributed by atoms with van der Waals surface area (Å²) in [6.45, 7) is 0. The predicted molar refractivity (Wildman–Crippen MR) is 47.2 cm³/mol. The molecule has 2 fully saturated rings. The zero-order chi connectivity index (χ0) is 7.84. The summed E-state index contributed by atoms with van der Waals surface area (Å²) < 4.78 is 0. The van der Waals surface area contributed by atoms with Crippen molar-refractivity contribution in [2.75, 3.05) is 14.1 Å². The van der Waals surface area contributed by atoms with Crippen LogP contribution in [0.5, 0.6) is 0 Å². The van der Waals surface area contributed by atoms with Crippen LogP contribution in [-0.4, -0.2) is 36.8 Å². The van der Waals surface area contributed by atoms with E-state index in [1.807, 2.05) is 7.05 Å². The summed E-state index contributed by atoms with van der Waals surface area (Å²) in [6.07, 6.45) is 5.23. The Morgan fingerprint density at radius 2 is 1.82 bits per heavy atom. The second-order valence-electron chi connectivity index (χ2n) is 3.75. The standard InChI is InChI=1S/C9H16N2/c1-10-7-5-8-3-4-9(6-7)11(8)2/h8-9H,3-6H2,1-2H3. The Labute approximate surface area is 68.3 Å². The molecule has 0 aromatic carbocycles. The Morgan fingerprint density at radius 1 is 1.27 bits per heavy atom. The van der Waals surface area contributed by atoms with E-state index in [9.17, 15) is 0 Å². The van der Waals surface area contributed by atoms with E-state index < -0.39 is 0 Å². The first-order valence-electron chi connectivity index (χ1n) is 4.47. The van der Waals surface area contributed by atoms with E-state index >= 15 is 0 Å². The Balaban J connectivity index is 2.14. The maximum Gasteiger partial charge on any atom is 0.0276 e. The van der Waals surface area contributed by atoms with Crippen molar-refractivity contribution in [3.63, 3.8) is 0 Å². The monoisotopic (exact) mass is 152 g/mol. The first-order chi connectivity index (χ1) is 5.31. The zero-order valence-electron chi connectivity index (χ0n) is 7.38. The van der Waals surface area contributed by atoms with Gasteiger partial charge >= 0.3 is 0 Å². The second kappa shape index (κ2) is 2.59. The lowest BCUT2D eigenvalue weighted by atomic mass is 10.0. The van der Waals surface area contributed by atoms with Gasteiger partial charge in [0.2, 0.25) is 0 Å². The molecule has 0 aromatic rings. The van der Waals surface area contributed by atoms with Crippen molar-refractivity contribution in [1.29, 1.82) is 0 Å². The zero-order valence-corrected chi connectivity index (χ0v) is 7.38. The van der Waals surface area contributed by atoms with Crippen molar-refractivity contribution in [3.8, 4) is 0 Å². The first kappa shape index (κ1) is 7.29. The van der Waals surface area contributed by atoms with Gasteiger partial charge in [0.1, 0.15) is 0 Å². The molecule has 2 aliphatic heterocycles. The quantitative estimate of drug-likeness (QED) is 0.511. The minimum Gasteiger partial charge on any atom is -0.300 e. The lowest BCUT2D eigenvalue weighted by Gasteiger charge is -2.31. The number of hydrogen-bond acceptors (Lipinski definition) is 2. The number of rotatable bonds is 0. The van der Waals surface area contributed by atoms with Crippen LogP contribution in [0.4, 0.5) is 0 Å². The van der Waals surface area contributed by atoms with Gasteiger partial charge in [-0.1, -0.05) is 0 Å². The smallest absolute Gasteiger partial charge is 0.0276 e. The highest BCUT2D eigenvalue weighted by atomic mass is 15.2. The molecule has 0 aromatic heterocycles. The predicted octanol–water partition coefficient (Wildman–Crippen LogP) is 1.31. The summed E-state index contributed by atoms with van der Waals surface area (Å²) in [5.74, 6) is 0. The van der Waals surface area contributed by atoms with Gasteiger partial charge in [0, 0.05) is 37.7 Å². The Bertz CT molecular complexity index is 170. The van der Waals surface area contributed by atoms with E-state index in [1.165, 1.54) is 31.4 Å². The van der Waals surface area contributed by atoms with Crippen LogP contribution in [0.25, 0.3) is 0 Å². The molecule has 2 nitrogen and oxygen atoms in total. The van der Waals surface area contributed by atoms with Crippen molar-refractivity contribution in [2.24, 2.45) is 4.99 Å². The molecule has 62 valence electrons. The topological polar surface area (TPSA) is 15.6 Å². The molecular weight excluding hydrogens is 136 g/mol. The molecule has 2 saturated heterocycles. The lowest BCUT2D eigenvalue weighted by molar-refractivity contribution is 0.231. The third kappa shape index (κ3) is 1.09. The number of nitrogens with zero attached hydrogens (tertiary/aromatic N) is 2. The van der Waals surface area contributed by atoms with Crippen LogP contribution in [0, 0.1) is 0 Å². The Kier molecular flexibility index (Phi) is 1.72. The molecule has 0 amide bonds. The molecule has 2 rings (SSSR count). The first-order valence-corrected chi connectivity index (χ1v) is 4.47. The minimum absolute atomic E-state index is 0.812. The molecule has 2 unspecified atom stereocenters. The third-order valence-electron chi connectivity index (χ3n) is 3.24. The van der Waals surface area contributed by atoms with E-state index in [4.69, 9.17) is 0 Å². The normalized spacial score (nSPS) is 37.8. The average Bonchev–Trinajstić information content (AvgIpc) is 2.26. The van der Waals surface area contributed by atoms with Crippen LogP contribution in [0.1, 0.15) is 25.7 Å². The highest BCUT2D eigenvalue weighted by Gasteiger charge is 2.36. The van der Waals surface area contributed by atoms with Crippen LogP contribution in [0.3, 0.4) is 0 Å². The van der Waals surface area contributed by atoms with E-state index in [2.05, 4.69) is 16.9 Å². The van der Waals surface area contributed by atoms with Crippen LogP contribution >= 0.6 is 0 Å². The van der Waals surface area contributed by atoms with Crippen LogP contribution in [-0.2, 0) is 0 Å². The van der Waals surface area contributed by atoms with Crippen molar-refractivity contribution in [3.05, 3.63) is 0 Å². The summed E-state index contributed by atoms with van der Waals surface area (Å²) in [7, 11) is 4.19. The van der Waals surface area contributed by atoms with Gasteiger partial charge in [0.15, 0.2) is 0 Å². The lowest BCUT2D eigenvalue weighted by Crippen LogP contribution is -2.40. The van der Waals surface area contributed by atoms with Gasteiger partial charge in [-0.25, -0.2) is 0 Å². The van der Waals surface area contributed by atoms with Crippen molar-refractivity contribution < 1.29 is 0 Å². The summed E-state index contributed by atoms with van der Waals surface area (Å²) in [5.41, 5.74) is 1.44. The molecule has 2 bridgehead atoms. The Hall–Kier alpha value is -0.370. The van der Waals surface area contributed by atoms with Crippen LogP contribution in [0.15, 0.2) is 4.99 Å². The van der Waals surface area contributed by atoms with Crippen molar-refractivity contribution in [1.82, 2.24) is 4.90 Å². The van der Waals surface area contributed by atoms with Crippen LogP contribution < -0.4 is 0 Å². The summed E-state index contributed by atoms with van der Waals surface area (Å²) in [6, 6.07) is 1.62. The Morgan fingerprint density at radius 3 is 2.27 bits per heavy atom. The molecule has 11 heavy (non-hydrogen) atoms. The van der Waals surface area contributed by atoms with Gasteiger partial charge in [0.25, 0.3) is 0 Å². The van der Waals surface area contributed by atoms with E-state index in [-0.39, 0.29) is 0 Å². The molecule has 2 heterocycles. The molecule has 2 atom stereocenters. The van der Waals surface area contributed by atoms with E-state index in [1.54, 1.807) is 0 Å². The fraction of sp³-hybridized carbons (Fsp3) is 0.889. The second-order valence-corrected chi connectivity index (χ2v) is 3.75. The average molecular weight is 152 g/mol. The van der Waals surface area contributed by atoms with Crippen molar-refractivity contribution >= 4 is 5.71 Å². The molecule has 2 aliphatic rings. The highest BCUT2D eigenvalue weighted by Crippen LogP contribution is 2.32. The van der Waals surface area contributed by atoms with Crippen molar-refractivity contribution in [2.45, 2.75) is 37.8 Å².